The van der Waals surface area contributed by atoms with E-state index < -0.39 is 11.6 Å². The molecule has 2 aliphatic rings. The lowest BCUT2D eigenvalue weighted by atomic mass is 9.74. The highest BCUT2D eigenvalue weighted by atomic mass is 16.6. The Morgan fingerprint density at radius 1 is 0.977 bits per heavy atom. The van der Waals surface area contributed by atoms with Crippen LogP contribution >= 0.6 is 0 Å². The van der Waals surface area contributed by atoms with Crippen LogP contribution in [0.15, 0.2) is 67.0 Å². The summed E-state index contributed by atoms with van der Waals surface area (Å²) in [7, 11) is 0. The number of hydrogen-bond acceptors (Lipinski definition) is 7. The van der Waals surface area contributed by atoms with Crippen molar-refractivity contribution in [1.29, 1.82) is 0 Å². The molecule has 11 nitrogen and oxygen atoms in total. The van der Waals surface area contributed by atoms with E-state index in [2.05, 4.69) is 21.5 Å². The molecule has 0 radical (unpaired) electrons. The molecule has 43 heavy (non-hydrogen) atoms. The summed E-state index contributed by atoms with van der Waals surface area (Å²) >= 11 is 0. The molecule has 0 unspecified atom stereocenters. The molecule has 1 spiro atoms. The summed E-state index contributed by atoms with van der Waals surface area (Å²) in [5, 5.41) is 17.2. The smallest absolute Gasteiger partial charge is 0.414 e. The molecule has 11 heteroatoms. The average Bonchev–Trinajstić information content (AvgIpc) is 3.56. The molecule has 0 atom stereocenters. The molecule has 1 fully saturated rings. The maximum atomic E-state index is 14.0. The maximum Gasteiger partial charge on any atom is 0.414 e. The number of benzene rings is 2. The van der Waals surface area contributed by atoms with Gasteiger partial charge >= 0.3 is 12.1 Å². The van der Waals surface area contributed by atoms with Gasteiger partial charge in [0.1, 0.15) is 22.5 Å². The Bertz CT molecular complexity index is 1700. The van der Waals surface area contributed by atoms with Crippen molar-refractivity contribution in [1.82, 2.24) is 19.5 Å². The minimum atomic E-state index is -1.14. The van der Waals surface area contributed by atoms with E-state index in [9.17, 15) is 19.5 Å². The van der Waals surface area contributed by atoms with E-state index in [1.807, 2.05) is 69.3 Å². The zero-order chi connectivity index (χ0) is 30.4. The lowest BCUT2D eigenvalue weighted by Crippen LogP contribution is -2.48. The summed E-state index contributed by atoms with van der Waals surface area (Å²) in [5.41, 5.74) is 2.45. The van der Waals surface area contributed by atoms with Crippen LogP contribution in [0, 0.1) is 0 Å². The molecule has 0 saturated carbocycles. The molecule has 6 rings (SSSR count). The normalized spacial score (nSPS) is 15.9. The minimum Gasteiger partial charge on any atom is -0.477 e. The number of rotatable bonds is 5. The van der Waals surface area contributed by atoms with Crippen LogP contribution in [-0.2, 0) is 16.7 Å². The van der Waals surface area contributed by atoms with Crippen molar-refractivity contribution in [3.8, 4) is 0 Å². The summed E-state index contributed by atoms with van der Waals surface area (Å²) in [5.74, 6) is -0.981. The number of likely N-dealkylation sites (tertiary alicyclic amines) is 1. The zero-order valence-electron chi connectivity index (χ0n) is 24.4. The topological polar surface area (TPSA) is 129 Å². The molecule has 0 bridgehead atoms. The van der Waals surface area contributed by atoms with Crippen LogP contribution < -0.4 is 10.2 Å². The Hall–Kier alpha value is -4.93. The van der Waals surface area contributed by atoms with Gasteiger partial charge in [-0.3, -0.25) is 9.69 Å². The van der Waals surface area contributed by atoms with Crippen molar-refractivity contribution >= 4 is 35.1 Å². The van der Waals surface area contributed by atoms with Crippen LogP contribution in [0.2, 0.25) is 0 Å². The van der Waals surface area contributed by atoms with E-state index in [4.69, 9.17) is 4.74 Å². The second-order valence-electron chi connectivity index (χ2n) is 12.1. The van der Waals surface area contributed by atoms with Gasteiger partial charge in [0.15, 0.2) is 5.65 Å². The number of amides is 2. The van der Waals surface area contributed by atoms with Gasteiger partial charge in [0.25, 0.3) is 5.91 Å². The number of carbonyl (C=O) groups is 3. The molecule has 2 amide bonds. The fourth-order valence-corrected chi connectivity index (χ4v) is 6.04. The molecule has 2 N–H and O–H groups in total. The van der Waals surface area contributed by atoms with Crippen LogP contribution in [0.4, 0.5) is 16.3 Å². The van der Waals surface area contributed by atoms with Crippen LogP contribution in [0.3, 0.4) is 0 Å². The summed E-state index contributed by atoms with van der Waals surface area (Å²) < 4.78 is 7.10. The third-order valence-corrected chi connectivity index (χ3v) is 8.14. The molecular formula is C32H34N6O5. The molecule has 2 aliphatic heterocycles. The van der Waals surface area contributed by atoms with Gasteiger partial charge in [-0.25, -0.2) is 14.6 Å². The van der Waals surface area contributed by atoms with Crippen molar-refractivity contribution < 1.29 is 24.2 Å². The summed E-state index contributed by atoms with van der Waals surface area (Å²) in [4.78, 5) is 46.7. The first-order valence-electron chi connectivity index (χ1n) is 14.3. The van der Waals surface area contributed by atoms with E-state index in [0.29, 0.717) is 50.4 Å². The number of nitrogens with one attached hydrogen (secondary N) is 1. The molecule has 2 aromatic heterocycles. The lowest BCUT2D eigenvalue weighted by Gasteiger charge is -2.40. The van der Waals surface area contributed by atoms with Gasteiger partial charge in [0.2, 0.25) is 0 Å². The highest BCUT2D eigenvalue weighted by Crippen LogP contribution is 2.47. The van der Waals surface area contributed by atoms with Gasteiger partial charge in [0.05, 0.1) is 11.9 Å². The monoisotopic (exact) mass is 582 g/mol. The predicted octanol–water partition coefficient (Wildman–Crippen LogP) is 4.97. The third kappa shape index (κ3) is 5.26. The molecule has 2 aromatic carbocycles. The van der Waals surface area contributed by atoms with E-state index in [0.717, 1.165) is 16.8 Å². The van der Waals surface area contributed by atoms with E-state index in [-0.39, 0.29) is 28.6 Å². The highest BCUT2D eigenvalue weighted by molar-refractivity contribution is 6.00. The molecule has 4 aromatic rings. The summed E-state index contributed by atoms with van der Waals surface area (Å²) in [6.45, 7) is 7.42. The fourth-order valence-electron chi connectivity index (χ4n) is 6.04. The number of nitrogens with zero attached hydrogens (tertiary/aromatic N) is 5. The Morgan fingerprint density at radius 3 is 2.37 bits per heavy atom. The van der Waals surface area contributed by atoms with Crippen LogP contribution in [-0.4, -0.2) is 67.8 Å². The van der Waals surface area contributed by atoms with Gasteiger partial charge in [-0.05, 0) is 50.8 Å². The average molecular weight is 583 g/mol. The highest BCUT2D eigenvalue weighted by Gasteiger charge is 2.47. The van der Waals surface area contributed by atoms with E-state index in [1.54, 1.807) is 9.80 Å². The van der Waals surface area contributed by atoms with Crippen molar-refractivity contribution in [2.75, 3.05) is 29.9 Å². The molecule has 222 valence electrons. The number of para-hydroxylation sites is 1. The molecule has 1 saturated heterocycles. The van der Waals surface area contributed by atoms with Crippen molar-refractivity contribution in [2.45, 2.75) is 51.2 Å². The first-order chi connectivity index (χ1) is 20.6. The largest absolute Gasteiger partial charge is 0.477 e. The predicted molar refractivity (Wildman–Crippen MR) is 161 cm³/mol. The van der Waals surface area contributed by atoms with Gasteiger partial charge in [0, 0.05) is 37.8 Å². The number of fused-ring (bicyclic) bond motifs is 3. The number of piperidine rings is 1. The number of aromatic carboxylic acids is 1. The molecular weight excluding hydrogens is 548 g/mol. The number of carboxylic acids is 1. The van der Waals surface area contributed by atoms with Crippen molar-refractivity contribution in [2.24, 2.45) is 0 Å². The van der Waals surface area contributed by atoms with Gasteiger partial charge in [-0.1, -0.05) is 48.5 Å². The number of hydrogen-bond donors (Lipinski definition) is 2. The van der Waals surface area contributed by atoms with Crippen molar-refractivity contribution in [3.63, 3.8) is 0 Å². The second-order valence-corrected chi connectivity index (χ2v) is 12.1. The number of aromatic nitrogens is 3. The Morgan fingerprint density at radius 2 is 1.67 bits per heavy atom. The quantitative estimate of drug-likeness (QED) is 0.338. The van der Waals surface area contributed by atoms with Gasteiger partial charge in [-0.15, -0.1) is 0 Å². The Balaban J connectivity index is 1.26. The van der Waals surface area contributed by atoms with E-state index in [1.165, 1.54) is 16.9 Å². The number of anilines is 2. The van der Waals surface area contributed by atoms with Gasteiger partial charge in [-0.2, -0.15) is 9.61 Å². The minimum absolute atomic E-state index is 0.0453. The number of ether oxygens (including phenoxy) is 1. The van der Waals surface area contributed by atoms with E-state index >= 15 is 0 Å². The maximum absolute atomic E-state index is 14.0. The first-order valence-corrected chi connectivity index (χ1v) is 14.3. The number of carboxylic acid groups (broad SMARTS) is 1. The lowest BCUT2D eigenvalue weighted by molar-refractivity contribution is 0.0557. The van der Waals surface area contributed by atoms with Crippen LogP contribution in [0.25, 0.3) is 5.65 Å². The fraction of sp³-hybridized carbons (Fsp3) is 0.344. The number of carbonyl (C=O) groups excluding carboxylic acids is 2. The first kappa shape index (κ1) is 28.2. The molecule has 0 aliphatic carbocycles. The molecule has 4 heterocycles. The third-order valence-electron chi connectivity index (χ3n) is 8.14. The summed E-state index contributed by atoms with van der Waals surface area (Å²) in [6.07, 6.45) is 3.64. The Labute approximate surface area is 249 Å². The SMILES string of the molecule is CC(C)(C)OC(=O)N1CC2(CCN(C(=O)c3cnc4c(C(=O)O)cnn4c3NCc3ccccc3)CC2)c2ccccc21. The zero-order valence-corrected chi connectivity index (χ0v) is 24.4. The Kier molecular flexibility index (Phi) is 7.03. The van der Waals surface area contributed by atoms with Gasteiger partial charge < -0.3 is 20.1 Å². The van der Waals surface area contributed by atoms with Crippen LogP contribution in [0.1, 0.15) is 65.5 Å². The standard InChI is InChI=1S/C32H34N6O5/c1-31(2,3)43-30(42)37-20-32(24-11-7-8-12-25(24)37)13-15-36(16-14-32)28(39)22-18-34-27-23(29(40)41)19-35-38(27)26(22)33-17-21-9-5-4-6-10-21/h4-12,18-19,33H,13-17,20H2,1-3H3,(H,40,41). The van der Waals surface area contributed by atoms with Crippen LogP contribution in [0.5, 0.6) is 0 Å². The second kappa shape index (κ2) is 10.7. The van der Waals surface area contributed by atoms with Crippen molar-refractivity contribution in [3.05, 3.63) is 89.2 Å². The summed E-state index contributed by atoms with van der Waals surface area (Å²) in [6, 6.07) is 17.6.